The van der Waals surface area contributed by atoms with Gasteiger partial charge in [-0.3, -0.25) is 4.99 Å². The number of phenols is 2. The molecule has 0 aliphatic rings. The Balaban J connectivity index is 2.26. The van der Waals surface area contributed by atoms with Gasteiger partial charge in [0.1, 0.15) is 11.5 Å². The van der Waals surface area contributed by atoms with Gasteiger partial charge in [0, 0.05) is 6.21 Å². The van der Waals surface area contributed by atoms with Gasteiger partial charge in [0.15, 0.2) is 0 Å². The number of aliphatic imine (C=N–C) groups is 1. The third-order valence-corrected chi connectivity index (χ3v) is 2.73. The van der Waals surface area contributed by atoms with Crippen molar-refractivity contribution in [2.24, 2.45) is 4.99 Å². The molecule has 92 valence electrons. The van der Waals surface area contributed by atoms with E-state index in [1.165, 1.54) is 0 Å². The fourth-order valence-electron chi connectivity index (χ4n) is 1.75. The predicted molar refractivity (Wildman–Crippen MR) is 72.9 cm³/mol. The van der Waals surface area contributed by atoms with Gasteiger partial charge in [-0.15, -0.1) is 0 Å². The van der Waals surface area contributed by atoms with Crippen LogP contribution in [0.5, 0.6) is 11.5 Å². The Labute approximate surface area is 106 Å². The van der Waals surface area contributed by atoms with Gasteiger partial charge < -0.3 is 10.2 Å². The van der Waals surface area contributed by atoms with Crippen molar-refractivity contribution in [3.8, 4) is 11.5 Å². The van der Waals surface area contributed by atoms with Gasteiger partial charge >= 0.3 is 0 Å². The minimum absolute atomic E-state index is 0.227. The van der Waals surface area contributed by atoms with Crippen molar-refractivity contribution in [1.29, 1.82) is 0 Å². The fourth-order valence-corrected chi connectivity index (χ4v) is 1.75. The molecule has 2 aromatic carbocycles. The van der Waals surface area contributed by atoms with Crippen molar-refractivity contribution in [1.82, 2.24) is 0 Å². The van der Waals surface area contributed by atoms with Crippen molar-refractivity contribution < 1.29 is 10.2 Å². The number of benzene rings is 2. The average molecular weight is 241 g/mol. The van der Waals surface area contributed by atoms with Crippen LogP contribution in [0.3, 0.4) is 0 Å². The second-order valence-corrected chi connectivity index (χ2v) is 4.28. The molecule has 0 heterocycles. The summed E-state index contributed by atoms with van der Waals surface area (Å²) < 4.78 is 0. The van der Waals surface area contributed by atoms with Crippen LogP contribution in [0.25, 0.3) is 0 Å². The topological polar surface area (TPSA) is 52.8 Å². The highest BCUT2D eigenvalue weighted by molar-refractivity contribution is 5.83. The molecular formula is C15H15NO2. The van der Waals surface area contributed by atoms with Crippen LogP contribution < -0.4 is 0 Å². The van der Waals surface area contributed by atoms with Crippen LogP contribution in [0.4, 0.5) is 5.69 Å². The zero-order valence-corrected chi connectivity index (χ0v) is 10.4. The van der Waals surface area contributed by atoms with Crippen molar-refractivity contribution in [3.63, 3.8) is 0 Å². The summed E-state index contributed by atoms with van der Waals surface area (Å²) in [5, 5.41) is 18.8. The average Bonchev–Trinajstić information content (AvgIpc) is 2.35. The van der Waals surface area contributed by atoms with Crippen LogP contribution in [0.15, 0.2) is 41.4 Å². The molecule has 0 unspecified atom stereocenters. The highest BCUT2D eigenvalue weighted by Gasteiger charge is 2.01. The molecule has 0 aliphatic carbocycles. The van der Waals surface area contributed by atoms with Crippen LogP contribution in [-0.4, -0.2) is 16.4 Å². The molecule has 0 atom stereocenters. The first kappa shape index (κ1) is 12.2. The normalized spacial score (nSPS) is 11.0. The molecule has 3 nitrogen and oxygen atoms in total. The quantitative estimate of drug-likeness (QED) is 0.791. The lowest BCUT2D eigenvalue weighted by Gasteiger charge is -2.04. The first-order valence-corrected chi connectivity index (χ1v) is 5.69. The molecule has 0 aliphatic heterocycles. The largest absolute Gasteiger partial charge is 0.508 e. The van der Waals surface area contributed by atoms with Crippen molar-refractivity contribution >= 4 is 11.9 Å². The minimum Gasteiger partial charge on any atom is -0.508 e. The molecule has 18 heavy (non-hydrogen) atoms. The first-order valence-electron chi connectivity index (χ1n) is 5.69. The number of hydrogen-bond acceptors (Lipinski definition) is 3. The van der Waals surface area contributed by atoms with Crippen molar-refractivity contribution in [2.45, 2.75) is 13.8 Å². The SMILES string of the molecule is Cc1cc(C=Nc2ccc(O)cc2)cc(C)c1O. The molecule has 0 saturated carbocycles. The van der Waals surface area contributed by atoms with E-state index in [1.807, 2.05) is 26.0 Å². The highest BCUT2D eigenvalue weighted by Crippen LogP contribution is 2.23. The zero-order valence-electron chi connectivity index (χ0n) is 10.4. The maximum absolute atomic E-state index is 9.67. The Kier molecular flexibility index (Phi) is 3.33. The third-order valence-electron chi connectivity index (χ3n) is 2.73. The lowest BCUT2D eigenvalue weighted by atomic mass is 10.1. The van der Waals surface area contributed by atoms with E-state index in [1.54, 1.807) is 30.5 Å². The van der Waals surface area contributed by atoms with Gasteiger partial charge in [-0.25, -0.2) is 0 Å². The number of hydrogen-bond donors (Lipinski definition) is 2. The molecule has 3 heteroatoms. The Morgan fingerprint density at radius 2 is 1.50 bits per heavy atom. The third kappa shape index (κ3) is 2.69. The molecule has 2 rings (SSSR count). The van der Waals surface area contributed by atoms with Gasteiger partial charge in [-0.05, 0) is 66.9 Å². The van der Waals surface area contributed by atoms with Crippen LogP contribution in [0.2, 0.25) is 0 Å². The molecule has 0 bridgehead atoms. The Morgan fingerprint density at radius 1 is 0.944 bits per heavy atom. The predicted octanol–water partition coefficient (Wildman–Crippen LogP) is 3.47. The number of aromatic hydroxyl groups is 2. The van der Waals surface area contributed by atoms with E-state index in [-0.39, 0.29) is 5.75 Å². The van der Waals surface area contributed by atoms with Gasteiger partial charge in [0.25, 0.3) is 0 Å². The Bertz CT molecular complexity index is 563. The minimum atomic E-state index is 0.227. The number of nitrogens with zero attached hydrogens (tertiary/aromatic N) is 1. The number of phenolic OH excluding ortho intramolecular Hbond substituents is 2. The van der Waals surface area contributed by atoms with E-state index in [4.69, 9.17) is 5.11 Å². The van der Waals surface area contributed by atoms with Gasteiger partial charge in [-0.1, -0.05) is 0 Å². The van der Waals surface area contributed by atoms with E-state index in [0.717, 1.165) is 22.4 Å². The summed E-state index contributed by atoms with van der Waals surface area (Å²) >= 11 is 0. The summed E-state index contributed by atoms with van der Waals surface area (Å²) in [5.74, 6) is 0.557. The lowest BCUT2D eigenvalue weighted by molar-refractivity contribution is 0.467. The van der Waals surface area contributed by atoms with Crippen LogP contribution >= 0.6 is 0 Å². The van der Waals surface area contributed by atoms with Gasteiger partial charge in [-0.2, -0.15) is 0 Å². The zero-order chi connectivity index (χ0) is 13.1. The van der Waals surface area contributed by atoms with E-state index in [9.17, 15) is 5.11 Å². The van der Waals surface area contributed by atoms with Crippen LogP contribution in [0.1, 0.15) is 16.7 Å². The van der Waals surface area contributed by atoms with E-state index >= 15 is 0 Å². The van der Waals surface area contributed by atoms with Crippen molar-refractivity contribution in [3.05, 3.63) is 53.1 Å². The summed E-state index contributed by atoms with van der Waals surface area (Å²) in [6.07, 6.45) is 1.74. The first-order chi connectivity index (χ1) is 8.56. The number of rotatable bonds is 2. The smallest absolute Gasteiger partial charge is 0.121 e. The summed E-state index contributed by atoms with van der Waals surface area (Å²) in [4.78, 5) is 4.31. The molecule has 0 aromatic heterocycles. The van der Waals surface area contributed by atoms with Gasteiger partial charge in [0.2, 0.25) is 0 Å². The second-order valence-electron chi connectivity index (χ2n) is 4.28. The van der Waals surface area contributed by atoms with Crippen LogP contribution in [0, 0.1) is 13.8 Å². The molecule has 0 radical (unpaired) electrons. The lowest BCUT2D eigenvalue weighted by Crippen LogP contribution is -1.87. The number of aryl methyl sites for hydroxylation is 2. The molecular weight excluding hydrogens is 226 g/mol. The Morgan fingerprint density at radius 3 is 2.06 bits per heavy atom. The maximum atomic E-state index is 9.67. The fraction of sp³-hybridized carbons (Fsp3) is 0.133. The molecule has 2 aromatic rings. The standard InChI is InChI=1S/C15H15NO2/c1-10-7-12(8-11(2)15(10)18)9-16-13-3-5-14(17)6-4-13/h3-9,17-18H,1-2H3. The van der Waals surface area contributed by atoms with E-state index in [0.29, 0.717) is 5.75 Å². The van der Waals surface area contributed by atoms with E-state index < -0.39 is 0 Å². The summed E-state index contributed by atoms with van der Waals surface area (Å²) in [6.45, 7) is 3.72. The van der Waals surface area contributed by atoms with Gasteiger partial charge in [0.05, 0.1) is 5.69 Å². The van der Waals surface area contributed by atoms with Crippen molar-refractivity contribution in [2.75, 3.05) is 0 Å². The molecule has 0 amide bonds. The summed E-state index contributed by atoms with van der Waals surface area (Å²) in [7, 11) is 0. The second kappa shape index (κ2) is 4.92. The molecule has 0 spiro atoms. The van der Waals surface area contributed by atoms with Crippen LogP contribution in [-0.2, 0) is 0 Å². The summed E-state index contributed by atoms with van der Waals surface area (Å²) in [5.41, 5.74) is 3.39. The Hall–Kier alpha value is -2.29. The maximum Gasteiger partial charge on any atom is 0.121 e. The molecule has 2 N–H and O–H groups in total. The molecule has 0 fully saturated rings. The summed E-state index contributed by atoms with van der Waals surface area (Å²) in [6, 6.07) is 10.4. The molecule has 0 saturated heterocycles. The van der Waals surface area contributed by atoms with E-state index in [2.05, 4.69) is 4.99 Å². The monoisotopic (exact) mass is 241 g/mol. The highest BCUT2D eigenvalue weighted by atomic mass is 16.3.